The molecule has 1 N–H and O–H groups in total. The van der Waals surface area contributed by atoms with E-state index in [1.165, 1.54) is 6.42 Å². The van der Waals surface area contributed by atoms with E-state index >= 15 is 0 Å². The summed E-state index contributed by atoms with van der Waals surface area (Å²) < 4.78 is 11.0. The molecule has 4 nitrogen and oxygen atoms in total. The van der Waals surface area contributed by atoms with Crippen LogP contribution < -0.4 is 5.32 Å². The number of nitrogens with one attached hydrogen (secondary N) is 1. The lowest BCUT2D eigenvalue weighted by Gasteiger charge is -2.21. The number of hydrogen-bond donors (Lipinski definition) is 1. The fraction of sp³-hybridized carbons (Fsp3) is 1.00. The Hall–Kier alpha value is -0.160. The summed E-state index contributed by atoms with van der Waals surface area (Å²) >= 11 is 0. The Bertz CT molecular complexity index is 171. The first-order valence-corrected chi connectivity index (χ1v) is 7.25. The molecule has 0 aromatic rings. The third-order valence-electron chi connectivity index (χ3n) is 3.01. The summed E-state index contributed by atoms with van der Waals surface area (Å²) in [5, 5.41) is 3.44. The average Bonchev–Trinajstić information content (AvgIpc) is 2.33. The summed E-state index contributed by atoms with van der Waals surface area (Å²) in [5.74, 6) is 0. The third kappa shape index (κ3) is 9.83. The molecule has 0 spiro atoms. The van der Waals surface area contributed by atoms with Gasteiger partial charge in [0.15, 0.2) is 6.29 Å². The van der Waals surface area contributed by atoms with Crippen molar-refractivity contribution < 1.29 is 9.47 Å². The quantitative estimate of drug-likeness (QED) is 0.430. The van der Waals surface area contributed by atoms with Crippen molar-refractivity contribution in [1.82, 2.24) is 10.2 Å². The summed E-state index contributed by atoms with van der Waals surface area (Å²) in [4.78, 5) is 2.37. The third-order valence-corrected chi connectivity index (χ3v) is 3.01. The van der Waals surface area contributed by atoms with E-state index in [4.69, 9.17) is 9.47 Å². The highest BCUT2D eigenvalue weighted by atomic mass is 16.7. The van der Waals surface area contributed by atoms with Crippen molar-refractivity contribution in [3.05, 3.63) is 0 Å². The highest BCUT2D eigenvalue weighted by Gasteiger charge is 2.06. The van der Waals surface area contributed by atoms with Gasteiger partial charge in [-0.05, 0) is 60.8 Å². The zero-order valence-corrected chi connectivity index (χ0v) is 12.9. The van der Waals surface area contributed by atoms with E-state index in [-0.39, 0.29) is 6.29 Å². The van der Waals surface area contributed by atoms with Crippen LogP contribution in [0.3, 0.4) is 0 Å². The van der Waals surface area contributed by atoms with Crippen LogP contribution in [0.15, 0.2) is 0 Å². The molecule has 0 aromatic carbocycles. The lowest BCUT2D eigenvalue weighted by atomic mass is 10.3. The number of nitrogens with zero attached hydrogens (tertiary/aromatic N) is 1. The Morgan fingerprint density at radius 2 is 1.67 bits per heavy atom. The average molecular weight is 260 g/mol. The van der Waals surface area contributed by atoms with Gasteiger partial charge in [0.2, 0.25) is 0 Å². The molecule has 0 amide bonds. The molecule has 0 aliphatic carbocycles. The molecule has 0 heterocycles. The van der Waals surface area contributed by atoms with Crippen molar-refractivity contribution in [1.29, 1.82) is 0 Å². The number of hydrogen-bond acceptors (Lipinski definition) is 4. The minimum absolute atomic E-state index is 0.0502. The lowest BCUT2D eigenvalue weighted by molar-refractivity contribution is -0.138. The number of ether oxygens (including phenoxy) is 2. The zero-order chi connectivity index (χ0) is 13.8. The molecule has 18 heavy (non-hydrogen) atoms. The molecule has 0 bridgehead atoms. The van der Waals surface area contributed by atoms with Crippen LogP contribution in [-0.4, -0.2) is 57.1 Å². The van der Waals surface area contributed by atoms with Gasteiger partial charge in [-0.1, -0.05) is 0 Å². The van der Waals surface area contributed by atoms with Gasteiger partial charge in [-0.2, -0.15) is 0 Å². The van der Waals surface area contributed by atoms with Gasteiger partial charge in [0, 0.05) is 25.7 Å². The molecule has 110 valence electrons. The Morgan fingerprint density at radius 3 is 2.17 bits per heavy atom. The molecular weight excluding hydrogens is 228 g/mol. The van der Waals surface area contributed by atoms with Crippen LogP contribution in [0.2, 0.25) is 0 Å². The molecule has 0 unspecified atom stereocenters. The summed E-state index contributed by atoms with van der Waals surface area (Å²) in [6.45, 7) is 13.0. The van der Waals surface area contributed by atoms with Gasteiger partial charge in [-0.15, -0.1) is 0 Å². The van der Waals surface area contributed by atoms with Gasteiger partial charge in [0.05, 0.1) is 0 Å². The van der Waals surface area contributed by atoms with Crippen LogP contribution in [0.4, 0.5) is 0 Å². The molecule has 0 atom stereocenters. The van der Waals surface area contributed by atoms with Crippen LogP contribution in [0.5, 0.6) is 0 Å². The van der Waals surface area contributed by atoms with E-state index in [1.807, 2.05) is 13.8 Å². The van der Waals surface area contributed by atoms with Crippen LogP contribution in [-0.2, 0) is 9.47 Å². The SMILES string of the molecule is CCOC(CCNCCCN(C)C(C)C)OCC. The standard InChI is InChI=1S/C14H32N2O2/c1-6-17-14(18-7-2)9-11-15-10-8-12-16(5)13(3)4/h13-15H,6-12H2,1-5H3. The highest BCUT2D eigenvalue weighted by Crippen LogP contribution is 2.00. The van der Waals surface area contributed by atoms with Crippen molar-refractivity contribution in [2.24, 2.45) is 0 Å². The Kier molecular flexibility index (Phi) is 11.8. The molecule has 0 fully saturated rings. The van der Waals surface area contributed by atoms with Crippen LogP contribution >= 0.6 is 0 Å². The second-order valence-corrected chi connectivity index (χ2v) is 4.81. The molecular formula is C14H32N2O2. The van der Waals surface area contributed by atoms with Crippen molar-refractivity contribution >= 4 is 0 Å². The predicted molar refractivity (Wildman–Crippen MR) is 76.9 cm³/mol. The highest BCUT2D eigenvalue weighted by molar-refractivity contribution is 4.58. The maximum Gasteiger partial charge on any atom is 0.158 e. The van der Waals surface area contributed by atoms with E-state index in [0.717, 1.165) is 26.1 Å². The maximum absolute atomic E-state index is 5.49. The molecule has 0 radical (unpaired) electrons. The second-order valence-electron chi connectivity index (χ2n) is 4.81. The van der Waals surface area contributed by atoms with E-state index in [2.05, 4.69) is 31.1 Å². The maximum atomic E-state index is 5.49. The van der Waals surface area contributed by atoms with E-state index in [0.29, 0.717) is 19.3 Å². The summed E-state index contributed by atoms with van der Waals surface area (Å²) in [5.41, 5.74) is 0. The minimum atomic E-state index is -0.0502. The Balaban J connectivity index is 3.42. The van der Waals surface area contributed by atoms with Crippen molar-refractivity contribution in [3.8, 4) is 0 Å². The van der Waals surface area contributed by atoms with Gasteiger partial charge in [-0.25, -0.2) is 0 Å². The molecule has 0 saturated heterocycles. The summed E-state index contributed by atoms with van der Waals surface area (Å²) in [6.07, 6.45) is 2.05. The smallest absolute Gasteiger partial charge is 0.158 e. The summed E-state index contributed by atoms with van der Waals surface area (Å²) in [7, 11) is 2.17. The van der Waals surface area contributed by atoms with Crippen LogP contribution in [0.1, 0.15) is 40.5 Å². The van der Waals surface area contributed by atoms with Gasteiger partial charge < -0.3 is 19.7 Å². The monoisotopic (exact) mass is 260 g/mol. The molecule has 0 rings (SSSR count). The Morgan fingerprint density at radius 1 is 1.06 bits per heavy atom. The fourth-order valence-electron chi connectivity index (χ4n) is 1.64. The first-order chi connectivity index (χ1) is 8.61. The number of rotatable bonds is 12. The van der Waals surface area contributed by atoms with E-state index < -0.39 is 0 Å². The first kappa shape index (κ1) is 17.8. The predicted octanol–water partition coefficient (Wildman–Crippen LogP) is 2.10. The first-order valence-electron chi connectivity index (χ1n) is 7.25. The van der Waals surface area contributed by atoms with Gasteiger partial charge in [-0.3, -0.25) is 0 Å². The van der Waals surface area contributed by atoms with Gasteiger partial charge in [0.25, 0.3) is 0 Å². The van der Waals surface area contributed by atoms with E-state index in [9.17, 15) is 0 Å². The molecule has 4 heteroatoms. The lowest BCUT2D eigenvalue weighted by Crippen LogP contribution is -2.30. The second kappa shape index (κ2) is 11.9. The molecule has 0 aliphatic rings. The normalized spacial score (nSPS) is 12.0. The summed E-state index contributed by atoms with van der Waals surface area (Å²) in [6, 6.07) is 0.630. The zero-order valence-electron chi connectivity index (χ0n) is 12.9. The largest absolute Gasteiger partial charge is 0.353 e. The Labute approximate surface area is 113 Å². The molecule has 0 aliphatic heterocycles. The van der Waals surface area contributed by atoms with E-state index in [1.54, 1.807) is 0 Å². The van der Waals surface area contributed by atoms with Gasteiger partial charge in [0.1, 0.15) is 0 Å². The topological polar surface area (TPSA) is 33.7 Å². The van der Waals surface area contributed by atoms with Gasteiger partial charge >= 0.3 is 0 Å². The van der Waals surface area contributed by atoms with Crippen LogP contribution in [0, 0.1) is 0 Å². The van der Waals surface area contributed by atoms with Crippen molar-refractivity contribution in [2.45, 2.75) is 52.9 Å². The molecule has 0 aromatic heterocycles. The minimum Gasteiger partial charge on any atom is -0.353 e. The van der Waals surface area contributed by atoms with Crippen molar-refractivity contribution in [3.63, 3.8) is 0 Å². The van der Waals surface area contributed by atoms with Crippen molar-refractivity contribution in [2.75, 3.05) is 39.9 Å². The molecule has 0 saturated carbocycles. The van der Waals surface area contributed by atoms with Crippen LogP contribution in [0.25, 0.3) is 0 Å². The fourth-order valence-corrected chi connectivity index (χ4v) is 1.64.